The van der Waals surface area contributed by atoms with Crippen LogP contribution < -0.4 is 5.73 Å². The number of hydrogen-bond acceptors (Lipinski definition) is 4. The number of hydrogen-bond donors (Lipinski definition) is 2. The van der Waals surface area contributed by atoms with Gasteiger partial charge in [-0.3, -0.25) is 0 Å². The Bertz CT molecular complexity index is 565. The van der Waals surface area contributed by atoms with Gasteiger partial charge in [-0.05, 0) is 37.8 Å². The highest BCUT2D eigenvalue weighted by molar-refractivity contribution is 7.99. The van der Waals surface area contributed by atoms with E-state index in [0.717, 1.165) is 22.5 Å². The molecule has 2 aromatic rings. The molecule has 3 N–H and O–H groups in total. The maximum absolute atomic E-state index is 9.93. The number of fused-ring (bicyclic) bond motifs is 1. The topological polar surface area (TPSA) is 64.1 Å². The largest absolute Gasteiger partial charge is 0.399 e. The first-order valence-corrected chi connectivity index (χ1v) is 7.73. The highest BCUT2D eigenvalue weighted by Gasteiger charge is 2.18. The molecule has 0 aliphatic heterocycles. The van der Waals surface area contributed by atoms with Crippen LogP contribution >= 0.6 is 11.8 Å². The van der Waals surface area contributed by atoms with E-state index in [-0.39, 0.29) is 0 Å². The number of imidazole rings is 1. The predicted octanol–water partition coefficient (Wildman–Crippen LogP) is 2.99. The molecule has 0 bridgehead atoms. The third-order valence-corrected chi connectivity index (χ3v) is 4.24. The van der Waals surface area contributed by atoms with Crippen LogP contribution in [0.15, 0.2) is 18.2 Å². The first-order chi connectivity index (χ1) is 9.04. The Labute approximate surface area is 118 Å². The Hall–Kier alpha value is -1.20. The number of aliphatic hydroxyl groups excluding tert-OH is 1. The summed E-state index contributed by atoms with van der Waals surface area (Å²) in [4.78, 5) is 4.53. The van der Waals surface area contributed by atoms with Gasteiger partial charge in [0.25, 0.3) is 0 Å². The molecule has 1 heterocycles. The van der Waals surface area contributed by atoms with Crippen LogP contribution in [0.1, 0.15) is 38.7 Å². The summed E-state index contributed by atoms with van der Waals surface area (Å²) < 4.78 is 2.13. The molecular weight excluding hydrogens is 258 g/mol. The fourth-order valence-corrected chi connectivity index (χ4v) is 2.98. The average Bonchev–Trinajstić information content (AvgIpc) is 2.74. The minimum atomic E-state index is -0.581. The van der Waals surface area contributed by atoms with Gasteiger partial charge in [0.15, 0.2) is 0 Å². The molecule has 5 heteroatoms. The Morgan fingerprint density at radius 3 is 2.79 bits per heavy atom. The molecule has 2 atom stereocenters. The summed E-state index contributed by atoms with van der Waals surface area (Å²) in [7, 11) is 0. The quantitative estimate of drug-likeness (QED) is 0.826. The van der Waals surface area contributed by atoms with Crippen LogP contribution in [0.4, 0.5) is 5.69 Å². The van der Waals surface area contributed by atoms with E-state index in [1.807, 2.05) is 30.0 Å². The van der Waals surface area contributed by atoms with Crippen LogP contribution in [-0.2, 0) is 0 Å². The molecular formula is C14H21N3OS. The van der Waals surface area contributed by atoms with Crippen molar-refractivity contribution in [3.05, 3.63) is 24.0 Å². The number of nitrogens with zero attached hydrogens (tertiary/aromatic N) is 2. The van der Waals surface area contributed by atoms with Crippen molar-refractivity contribution in [3.8, 4) is 0 Å². The van der Waals surface area contributed by atoms with Crippen LogP contribution in [0, 0.1) is 0 Å². The first-order valence-electron chi connectivity index (χ1n) is 6.57. The number of aliphatic hydroxyl groups is 1. The Morgan fingerprint density at radius 2 is 2.16 bits per heavy atom. The van der Waals surface area contributed by atoms with E-state index in [0.29, 0.717) is 17.6 Å². The monoisotopic (exact) mass is 279 g/mol. The SMILES string of the molecule is CCSCC(C)n1c(C(C)O)nc2cc(N)ccc21. The van der Waals surface area contributed by atoms with Gasteiger partial charge in [0.05, 0.1) is 11.0 Å². The van der Waals surface area contributed by atoms with Crippen molar-refractivity contribution in [1.82, 2.24) is 9.55 Å². The number of rotatable bonds is 5. The molecule has 0 saturated heterocycles. The summed E-state index contributed by atoms with van der Waals surface area (Å²) in [6, 6.07) is 6.02. The molecule has 1 aromatic heterocycles. The van der Waals surface area contributed by atoms with E-state index in [1.165, 1.54) is 0 Å². The van der Waals surface area contributed by atoms with Gasteiger partial charge in [-0.25, -0.2) is 4.98 Å². The van der Waals surface area contributed by atoms with Gasteiger partial charge in [-0.1, -0.05) is 6.92 Å². The van der Waals surface area contributed by atoms with E-state index in [9.17, 15) is 5.11 Å². The fraction of sp³-hybridized carbons (Fsp3) is 0.500. The number of thioether (sulfide) groups is 1. The predicted molar refractivity (Wildman–Crippen MR) is 82.5 cm³/mol. The lowest BCUT2D eigenvalue weighted by molar-refractivity contribution is 0.183. The standard InChI is InChI=1S/C14H21N3OS/c1-4-19-8-9(2)17-13-6-5-11(15)7-12(13)16-14(17)10(3)18/h5-7,9-10,18H,4,8,15H2,1-3H3. The summed E-state index contributed by atoms with van der Waals surface area (Å²) in [5.41, 5.74) is 8.39. The van der Waals surface area contributed by atoms with Gasteiger partial charge >= 0.3 is 0 Å². The summed E-state index contributed by atoms with van der Waals surface area (Å²) in [6.45, 7) is 6.06. The van der Waals surface area contributed by atoms with E-state index < -0.39 is 6.10 Å². The van der Waals surface area contributed by atoms with Crippen molar-refractivity contribution in [2.24, 2.45) is 0 Å². The van der Waals surface area contributed by atoms with Crippen molar-refractivity contribution < 1.29 is 5.11 Å². The van der Waals surface area contributed by atoms with Crippen LogP contribution in [0.2, 0.25) is 0 Å². The zero-order valence-corrected chi connectivity index (χ0v) is 12.4. The number of anilines is 1. The van der Waals surface area contributed by atoms with Crippen LogP contribution in [0.25, 0.3) is 11.0 Å². The minimum Gasteiger partial charge on any atom is -0.399 e. The molecule has 0 radical (unpaired) electrons. The number of nitrogen functional groups attached to an aromatic ring is 1. The molecule has 0 amide bonds. The molecule has 0 fully saturated rings. The van der Waals surface area contributed by atoms with Crippen LogP contribution in [0.5, 0.6) is 0 Å². The summed E-state index contributed by atoms with van der Waals surface area (Å²) in [6.07, 6.45) is -0.581. The van der Waals surface area contributed by atoms with Crippen LogP contribution in [-0.4, -0.2) is 26.2 Å². The average molecular weight is 279 g/mol. The van der Waals surface area contributed by atoms with E-state index in [2.05, 4.69) is 23.4 Å². The lowest BCUT2D eigenvalue weighted by atomic mass is 10.2. The zero-order chi connectivity index (χ0) is 14.0. The normalized spacial score (nSPS) is 14.7. The van der Waals surface area contributed by atoms with E-state index >= 15 is 0 Å². The smallest absolute Gasteiger partial charge is 0.138 e. The molecule has 0 aliphatic rings. The third-order valence-electron chi connectivity index (χ3n) is 3.12. The maximum Gasteiger partial charge on any atom is 0.138 e. The molecule has 0 spiro atoms. The minimum absolute atomic E-state index is 0.295. The summed E-state index contributed by atoms with van der Waals surface area (Å²) >= 11 is 1.89. The second-order valence-electron chi connectivity index (χ2n) is 4.77. The number of benzene rings is 1. The Kier molecular flexibility index (Phi) is 4.37. The zero-order valence-electron chi connectivity index (χ0n) is 11.6. The molecule has 2 rings (SSSR count). The molecule has 2 unspecified atom stereocenters. The maximum atomic E-state index is 9.93. The first kappa shape index (κ1) is 14.2. The van der Waals surface area contributed by atoms with Gasteiger partial charge in [-0.2, -0.15) is 11.8 Å². The van der Waals surface area contributed by atoms with Crippen LogP contribution in [0.3, 0.4) is 0 Å². The highest BCUT2D eigenvalue weighted by atomic mass is 32.2. The highest BCUT2D eigenvalue weighted by Crippen LogP contribution is 2.28. The van der Waals surface area contributed by atoms with E-state index in [1.54, 1.807) is 6.92 Å². The van der Waals surface area contributed by atoms with Gasteiger partial charge in [0.2, 0.25) is 0 Å². The molecule has 0 aliphatic carbocycles. The van der Waals surface area contributed by atoms with Gasteiger partial charge in [0.1, 0.15) is 11.9 Å². The second-order valence-corrected chi connectivity index (χ2v) is 6.09. The fourth-order valence-electron chi connectivity index (χ4n) is 2.26. The summed E-state index contributed by atoms with van der Waals surface area (Å²) in [5, 5.41) is 9.93. The van der Waals surface area contributed by atoms with E-state index in [4.69, 9.17) is 5.73 Å². The molecule has 4 nitrogen and oxygen atoms in total. The number of nitrogens with two attached hydrogens (primary N) is 1. The van der Waals surface area contributed by atoms with Crippen molar-refractivity contribution in [2.75, 3.05) is 17.2 Å². The molecule has 104 valence electrons. The molecule has 19 heavy (non-hydrogen) atoms. The lowest BCUT2D eigenvalue weighted by Crippen LogP contribution is -2.13. The lowest BCUT2D eigenvalue weighted by Gasteiger charge is -2.18. The van der Waals surface area contributed by atoms with Crippen molar-refractivity contribution >= 4 is 28.5 Å². The van der Waals surface area contributed by atoms with Crippen molar-refractivity contribution in [3.63, 3.8) is 0 Å². The second kappa shape index (κ2) is 5.84. The third kappa shape index (κ3) is 2.87. The van der Waals surface area contributed by atoms with Gasteiger partial charge < -0.3 is 15.4 Å². The van der Waals surface area contributed by atoms with Gasteiger partial charge in [-0.15, -0.1) is 0 Å². The Morgan fingerprint density at radius 1 is 1.42 bits per heavy atom. The number of aromatic nitrogens is 2. The van der Waals surface area contributed by atoms with Crippen molar-refractivity contribution in [1.29, 1.82) is 0 Å². The molecule has 1 aromatic carbocycles. The summed E-state index contributed by atoms with van der Waals surface area (Å²) in [5.74, 6) is 2.81. The Balaban J connectivity index is 2.51. The molecule has 0 saturated carbocycles. The van der Waals surface area contributed by atoms with Gasteiger partial charge in [0, 0.05) is 17.5 Å². The van der Waals surface area contributed by atoms with Crippen molar-refractivity contribution in [2.45, 2.75) is 32.9 Å².